The molecule has 1 aromatic carbocycles. The van der Waals surface area contributed by atoms with Crippen LogP contribution in [0.4, 0.5) is 4.39 Å². The minimum atomic E-state index is -3.93. The molecule has 0 amide bonds. The summed E-state index contributed by atoms with van der Waals surface area (Å²) < 4.78 is 39.2. The number of rotatable bonds is 5. The van der Waals surface area contributed by atoms with Crippen LogP contribution in [0.1, 0.15) is 32.8 Å². The summed E-state index contributed by atoms with van der Waals surface area (Å²) in [5.74, 6) is 0. The van der Waals surface area contributed by atoms with Gasteiger partial charge in [0.1, 0.15) is 0 Å². The minimum Gasteiger partial charge on any atom is -0.228 e. The summed E-state index contributed by atoms with van der Waals surface area (Å²) in [6.45, 7) is 7.83. The van der Waals surface area contributed by atoms with Crippen molar-refractivity contribution in [3.63, 3.8) is 0 Å². The second kappa shape index (κ2) is 6.48. The summed E-state index contributed by atoms with van der Waals surface area (Å²) in [5, 5.41) is -0.554. The average molecular weight is 318 g/mol. The first-order valence-electron chi connectivity index (χ1n) is 6.55. The van der Waals surface area contributed by atoms with Gasteiger partial charge in [-0.25, -0.2) is 12.8 Å². The lowest BCUT2D eigenvalue weighted by atomic mass is 9.90. The van der Waals surface area contributed by atoms with Gasteiger partial charge in [0.15, 0.2) is 0 Å². The third-order valence-electron chi connectivity index (χ3n) is 3.05. The number of hydrogen-bond acceptors (Lipinski definition) is 3. The predicted octanol–water partition coefficient (Wildman–Crippen LogP) is 4.23. The zero-order valence-corrected chi connectivity index (χ0v) is 14.3. The second-order valence-corrected chi connectivity index (χ2v) is 9.34. The van der Waals surface area contributed by atoms with Gasteiger partial charge in [0, 0.05) is 0 Å². The van der Waals surface area contributed by atoms with Crippen molar-refractivity contribution in [1.82, 2.24) is 0 Å². The van der Waals surface area contributed by atoms with Crippen molar-refractivity contribution in [3.8, 4) is 0 Å². The number of sulfone groups is 1. The first kappa shape index (κ1) is 17.5. The molecule has 0 aliphatic rings. The molecule has 20 heavy (non-hydrogen) atoms. The number of benzene rings is 1. The first-order chi connectivity index (χ1) is 9.08. The van der Waals surface area contributed by atoms with E-state index in [0.717, 1.165) is 5.56 Å². The molecule has 5 heteroatoms. The Bertz CT molecular complexity index is 530. The molecular formula is C15H23FO2S2. The summed E-state index contributed by atoms with van der Waals surface area (Å²) in [7, 11) is -3.93. The molecule has 0 N–H and O–H groups in total. The van der Waals surface area contributed by atoms with Crippen molar-refractivity contribution in [2.45, 2.75) is 49.8 Å². The van der Waals surface area contributed by atoms with Crippen LogP contribution >= 0.6 is 11.8 Å². The van der Waals surface area contributed by atoms with Crippen LogP contribution in [-0.4, -0.2) is 25.4 Å². The molecule has 0 aliphatic heterocycles. The van der Waals surface area contributed by atoms with Gasteiger partial charge < -0.3 is 0 Å². The van der Waals surface area contributed by atoms with E-state index in [-0.39, 0.29) is 10.3 Å². The van der Waals surface area contributed by atoms with Gasteiger partial charge in [-0.1, -0.05) is 38.5 Å². The minimum absolute atomic E-state index is 0.0589. The molecule has 0 spiro atoms. The van der Waals surface area contributed by atoms with E-state index < -0.39 is 20.6 Å². The van der Waals surface area contributed by atoms with Crippen molar-refractivity contribution < 1.29 is 12.8 Å². The molecule has 1 rings (SSSR count). The molecule has 0 radical (unpaired) electrons. The van der Waals surface area contributed by atoms with Gasteiger partial charge >= 0.3 is 0 Å². The lowest BCUT2D eigenvalue weighted by molar-refractivity contribution is 0.317. The Morgan fingerprint density at radius 1 is 1.20 bits per heavy atom. The summed E-state index contributed by atoms with van der Waals surface area (Å²) in [4.78, 5) is 0.0589. The van der Waals surface area contributed by atoms with Crippen LogP contribution in [0.15, 0.2) is 29.2 Å². The largest absolute Gasteiger partial charge is 0.228 e. The zero-order valence-electron chi connectivity index (χ0n) is 12.7. The third-order valence-corrected chi connectivity index (χ3v) is 6.09. The van der Waals surface area contributed by atoms with E-state index in [1.807, 2.05) is 27.7 Å². The molecule has 0 saturated carbocycles. The van der Waals surface area contributed by atoms with Crippen LogP contribution in [-0.2, 0) is 9.84 Å². The Balaban J connectivity index is 3.04. The van der Waals surface area contributed by atoms with Crippen LogP contribution in [0.5, 0.6) is 0 Å². The van der Waals surface area contributed by atoms with Crippen LogP contribution in [0.25, 0.3) is 0 Å². The molecular weight excluding hydrogens is 295 g/mol. The highest BCUT2D eigenvalue weighted by Gasteiger charge is 2.36. The Hall–Kier alpha value is -0.550. The Labute approximate surface area is 126 Å². The lowest BCUT2D eigenvalue weighted by Gasteiger charge is -2.27. The van der Waals surface area contributed by atoms with Crippen LogP contribution in [0.3, 0.4) is 0 Å². The molecule has 114 valence electrons. The topological polar surface area (TPSA) is 34.1 Å². The molecule has 2 atom stereocenters. The maximum Gasteiger partial charge on any atom is 0.217 e. The highest BCUT2D eigenvalue weighted by atomic mass is 32.2. The van der Waals surface area contributed by atoms with Gasteiger partial charge in [0.25, 0.3) is 0 Å². The van der Waals surface area contributed by atoms with Crippen LogP contribution < -0.4 is 0 Å². The summed E-state index contributed by atoms with van der Waals surface area (Å²) in [6, 6.07) is 6.34. The van der Waals surface area contributed by atoms with E-state index in [2.05, 4.69) is 0 Å². The first-order valence-corrected chi connectivity index (χ1v) is 9.39. The Morgan fingerprint density at radius 2 is 1.70 bits per heavy atom. The van der Waals surface area contributed by atoms with Crippen molar-refractivity contribution in [3.05, 3.63) is 29.8 Å². The van der Waals surface area contributed by atoms with Crippen LogP contribution in [0.2, 0.25) is 0 Å². The molecule has 0 aliphatic carbocycles. The second-order valence-electron chi connectivity index (χ2n) is 6.25. The standard InChI is InChI=1S/C15H23FO2S2/c1-11-6-8-12(9-7-11)20(17,18)14(16)13(19-5)10-15(2,3)4/h6-9,13-14H,10H2,1-5H3. The van der Waals surface area contributed by atoms with E-state index in [9.17, 15) is 12.8 Å². The van der Waals surface area contributed by atoms with E-state index in [0.29, 0.717) is 6.42 Å². The van der Waals surface area contributed by atoms with Crippen molar-refractivity contribution in [1.29, 1.82) is 0 Å². The maximum absolute atomic E-state index is 14.6. The molecule has 0 fully saturated rings. The fraction of sp³-hybridized carbons (Fsp3) is 0.600. The molecule has 1 aromatic rings. The summed E-state index contributed by atoms with van der Waals surface area (Å²) in [5.41, 5.74) is -1.03. The van der Waals surface area contributed by atoms with Crippen molar-refractivity contribution >= 4 is 21.6 Å². The molecule has 2 unspecified atom stereocenters. The highest BCUT2D eigenvalue weighted by Crippen LogP contribution is 2.33. The molecule has 2 nitrogen and oxygen atoms in total. The van der Waals surface area contributed by atoms with Gasteiger partial charge in [-0.15, -0.1) is 0 Å². The number of hydrogen-bond donors (Lipinski definition) is 0. The monoisotopic (exact) mass is 318 g/mol. The number of halogens is 1. The smallest absolute Gasteiger partial charge is 0.217 e. The van der Waals surface area contributed by atoms with Gasteiger partial charge in [-0.3, -0.25) is 0 Å². The number of thioether (sulfide) groups is 1. The van der Waals surface area contributed by atoms with Gasteiger partial charge in [-0.2, -0.15) is 11.8 Å². The number of alkyl halides is 1. The maximum atomic E-state index is 14.6. The van der Waals surface area contributed by atoms with E-state index in [4.69, 9.17) is 0 Å². The number of aryl methyl sites for hydroxylation is 1. The molecule has 0 aromatic heterocycles. The summed E-state index contributed by atoms with van der Waals surface area (Å²) >= 11 is 1.28. The Morgan fingerprint density at radius 3 is 2.10 bits per heavy atom. The molecule has 0 bridgehead atoms. The zero-order chi connectivity index (χ0) is 15.6. The predicted molar refractivity (Wildman–Crippen MR) is 84.6 cm³/mol. The lowest BCUT2D eigenvalue weighted by Crippen LogP contribution is -2.31. The van der Waals surface area contributed by atoms with Gasteiger partial charge in [0.2, 0.25) is 15.3 Å². The van der Waals surface area contributed by atoms with Crippen molar-refractivity contribution in [2.24, 2.45) is 5.41 Å². The normalized spacial score (nSPS) is 15.9. The van der Waals surface area contributed by atoms with E-state index in [1.165, 1.54) is 23.9 Å². The summed E-state index contributed by atoms with van der Waals surface area (Å²) in [6.07, 6.45) is 2.27. The fourth-order valence-corrected chi connectivity index (χ4v) is 4.87. The Kier molecular flexibility index (Phi) is 5.67. The average Bonchev–Trinajstić information content (AvgIpc) is 2.34. The van der Waals surface area contributed by atoms with Crippen LogP contribution in [0, 0.1) is 12.3 Å². The fourth-order valence-electron chi connectivity index (χ4n) is 1.94. The van der Waals surface area contributed by atoms with E-state index in [1.54, 1.807) is 18.4 Å². The van der Waals surface area contributed by atoms with E-state index >= 15 is 0 Å². The van der Waals surface area contributed by atoms with Crippen molar-refractivity contribution in [2.75, 3.05) is 6.26 Å². The molecule has 0 saturated heterocycles. The SMILES string of the molecule is CSC(CC(C)(C)C)C(F)S(=O)(=O)c1ccc(C)cc1. The quantitative estimate of drug-likeness (QED) is 0.814. The molecule has 0 heterocycles. The van der Waals surface area contributed by atoms with Gasteiger partial charge in [0.05, 0.1) is 10.1 Å². The third kappa shape index (κ3) is 4.48. The highest BCUT2D eigenvalue weighted by molar-refractivity contribution is 8.00. The van der Waals surface area contributed by atoms with Gasteiger partial charge in [-0.05, 0) is 37.1 Å².